The van der Waals surface area contributed by atoms with Gasteiger partial charge in [-0.15, -0.1) is 0 Å². The number of halogens is 1. The average molecular weight is 583 g/mol. The lowest BCUT2D eigenvalue weighted by molar-refractivity contribution is -0.128. The molecule has 1 amide bonds. The number of likely N-dealkylation sites (tertiary alicyclic amines) is 1. The van der Waals surface area contributed by atoms with Crippen LogP contribution >= 0.6 is 0 Å². The van der Waals surface area contributed by atoms with Crippen molar-refractivity contribution < 1.29 is 13.9 Å². The van der Waals surface area contributed by atoms with Gasteiger partial charge in [0.05, 0.1) is 11.4 Å². The fourth-order valence-electron chi connectivity index (χ4n) is 5.61. The number of fused-ring (bicyclic) bond motifs is 1. The van der Waals surface area contributed by atoms with E-state index in [4.69, 9.17) is 15.6 Å². The van der Waals surface area contributed by atoms with E-state index in [2.05, 4.69) is 21.4 Å². The Morgan fingerprint density at radius 1 is 1.21 bits per heavy atom. The van der Waals surface area contributed by atoms with Gasteiger partial charge >= 0.3 is 0 Å². The summed E-state index contributed by atoms with van der Waals surface area (Å²) in [7, 11) is 0. The van der Waals surface area contributed by atoms with Crippen molar-refractivity contribution in [2.24, 2.45) is 0 Å². The molecule has 222 valence electrons. The number of hydrogen-bond acceptors (Lipinski definition) is 8. The molecule has 1 atom stereocenters. The van der Waals surface area contributed by atoms with Crippen molar-refractivity contribution in [1.82, 2.24) is 30.0 Å². The maximum atomic E-state index is 15.6. The summed E-state index contributed by atoms with van der Waals surface area (Å²) in [5.74, 6) is 0.234. The molecule has 1 saturated heterocycles. The highest BCUT2D eigenvalue weighted by molar-refractivity contribution is 5.99. The van der Waals surface area contributed by atoms with Gasteiger partial charge in [-0.3, -0.25) is 4.79 Å². The Balaban J connectivity index is 1.46. The zero-order valence-corrected chi connectivity index (χ0v) is 24.7. The summed E-state index contributed by atoms with van der Waals surface area (Å²) in [5, 5.41) is 18.4. The fourth-order valence-corrected chi connectivity index (χ4v) is 5.61. The molecule has 1 aliphatic heterocycles. The van der Waals surface area contributed by atoms with Gasteiger partial charge in [-0.05, 0) is 57.0 Å². The highest BCUT2D eigenvalue weighted by Crippen LogP contribution is 2.36. The third-order valence-electron chi connectivity index (χ3n) is 7.24. The molecular formula is C32H35FN8O2. The molecule has 1 aliphatic rings. The second-order valence-corrected chi connectivity index (χ2v) is 11.5. The number of rotatable bonds is 8. The van der Waals surface area contributed by atoms with Gasteiger partial charge in [0.15, 0.2) is 5.65 Å². The molecule has 0 saturated carbocycles. The predicted molar refractivity (Wildman–Crippen MR) is 163 cm³/mol. The van der Waals surface area contributed by atoms with Crippen LogP contribution in [-0.4, -0.2) is 55.2 Å². The molecule has 0 bridgehead atoms. The van der Waals surface area contributed by atoms with Crippen LogP contribution in [0.3, 0.4) is 0 Å². The largest absolute Gasteiger partial charge is 0.457 e. The number of benzene rings is 2. The van der Waals surface area contributed by atoms with Gasteiger partial charge in [0.2, 0.25) is 0 Å². The van der Waals surface area contributed by atoms with Crippen LogP contribution in [0.1, 0.15) is 46.6 Å². The summed E-state index contributed by atoms with van der Waals surface area (Å²) >= 11 is 0. The molecule has 0 spiro atoms. The van der Waals surface area contributed by atoms with Gasteiger partial charge in [0, 0.05) is 36.3 Å². The van der Waals surface area contributed by atoms with Crippen molar-refractivity contribution >= 4 is 22.8 Å². The van der Waals surface area contributed by atoms with Crippen LogP contribution in [-0.2, 0) is 4.79 Å². The Morgan fingerprint density at radius 2 is 1.98 bits per heavy atom. The highest BCUT2D eigenvalue weighted by atomic mass is 19.1. The first-order valence-corrected chi connectivity index (χ1v) is 14.3. The number of carbonyl (C=O) groups is 1. The Labute approximate surface area is 250 Å². The second-order valence-electron chi connectivity index (χ2n) is 11.5. The van der Waals surface area contributed by atoms with Gasteiger partial charge in [-0.2, -0.15) is 10.4 Å². The Hall–Kier alpha value is -4.82. The maximum Gasteiger partial charge on any atom is 0.264 e. The third-order valence-corrected chi connectivity index (χ3v) is 7.24. The molecule has 2 aromatic heterocycles. The normalized spacial score (nSPS) is 16.0. The van der Waals surface area contributed by atoms with Gasteiger partial charge in [-0.25, -0.2) is 19.0 Å². The molecule has 5 rings (SSSR count). The molecular weight excluding hydrogens is 547 g/mol. The zero-order valence-electron chi connectivity index (χ0n) is 24.7. The van der Waals surface area contributed by atoms with Crippen LogP contribution < -0.4 is 15.8 Å². The van der Waals surface area contributed by atoms with E-state index in [1.807, 2.05) is 45.9 Å². The lowest BCUT2D eigenvalue weighted by atomic mass is 9.98. The van der Waals surface area contributed by atoms with Gasteiger partial charge in [0.1, 0.15) is 46.8 Å². The van der Waals surface area contributed by atoms with E-state index < -0.39 is 11.4 Å². The minimum atomic E-state index is -0.544. The van der Waals surface area contributed by atoms with Crippen molar-refractivity contribution in [3.63, 3.8) is 0 Å². The quantitative estimate of drug-likeness (QED) is 0.208. The van der Waals surface area contributed by atoms with E-state index in [1.54, 1.807) is 39.9 Å². The second kappa shape index (κ2) is 12.2. The van der Waals surface area contributed by atoms with Crippen LogP contribution in [0.15, 0.2) is 66.5 Å². The molecule has 10 nitrogen and oxygen atoms in total. The van der Waals surface area contributed by atoms with Crippen molar-refractivity contribution in [1.29, 1.82) is 5.26 Å². The van der Waals surface area contributed by atoms with Gasteiger partial charge < -0.3 is 20.7 Å². The molecule has 1 fully saturated rings. The fraction of sp³-hybridized carbons (Fsp3) is 0.344. The number of hydrogen-bond donors (Lipinski definition) is 2. The Kier molecular flexibility index (Phi) is 8.41. The minimum Gasteiger partial charge on any atom is -0.457 e. The Bertz CT molecular complexity index is 1710. The first-order valence-electron chi connectivity index (χ1n) is 14.3. The number of nitriles is 1. The average Bonchev–Trinajstić information content (AvgIpc) is 3.36. The first-order chi connectivity index (χ1) is 20.6. The molecule has 3 heterocycles. The molecule has 0 unspecified atom stereocenters. The number of piperidine rings is 1. The number of amides is 1. The van der Waals surface area contributed by atoms with E-state index in [0.717, 1.165) is 0 Å². The summed E-state index contributed by atoms with van der Waals surface area (Å²) in [6.07, 6.45) is 4.43. The van der Waals surface area contributed by atoms with Crippen molar-refractivity contribution in [3.8, 4) is 28.8 Å². The topological polar surface area (TPSA) is 135 Å². The predicted octanol–water partition coefficient (Wildman–Crippen LogP) is 5.40. The van der Waals surface area contributed by atoms with Gasteiger partial charge in [-0.1, -0.05) is 32.0 Å². The van der Waals surface area contributed by atoms with E-state index in [-0.39, 0.29) is 34.9 Å². The van der Waals surface area contributed by atoms with Crippen molar-refractivity contribution in [2.45, 2.75) is 58.2 Å². The zero-order chi connectivity index (χ0) is 30.7. The molecule has 0 radical (unpaired) electrons. The van der Waals surface area contributed by atoms with Crippen LogP contribution in [0.5, 0.6) is 11.5 Å². The summed E-state index contributed by atoms with van der Waals surface area (Å²) in [6, 6.07) is 15.7. The number of nitrogens with zero attached hydrogens (tertiary/aromatic N) is 6. The summed E-state index contributed by atoms with van der Waals surface area (Å²) in [6.45, 7) is 8.69. The SMILES string of the molecule is CC(C)NC(C)(C)C=C(C#N)C(=O)N1CCC[C@@H](n2nc(-c3ccc(Oc4ccccc4)cc3F)c3c(N)ncnc32)C1. The maximum absolute atomic E-state index is 15.6. The lowest BCUT2D eigenvalue weighted by Crippen LogP contribution is -2.44. The number of aromatic nitrogens is 4. The number of nitrogens with one attached hydrogen (secondary N) is 1. The van der Waals surface area contributed by atoms with E-state index in [9.17, 15) is 10.1 Å². The standard InChI is InChI=1S/C32H35FN8O2/c1-20(2)38-32(3,4)16-21(17-34)31(42)40-14-8-9-22(18-40)41-30-27(29(35)36-19-37-30)28(39-41)25-13-12-24(15-26(25)33)43-23-10-6-5-7-11-23/h5-7,10-13,15-16,19-20,22,38H,8-9,14,18H2,1-4H3,(H2,35,36,37)/t22-/m1/s1. The first kappa shape index (κ1) is 29.7. The molecule has 4 aromatic rings. The Morgan fingerprint density at radius 3 is 2.67 bits per heavy atom. The summed E-state index contributed by atoms with van der Waals surface area (Å²) in [4.78, 5) is 23.8. The molecule has 2 aromatic carbocycles. The summed E-state index contributed by atoms with van der Waals surface area (Å²) < 4.78 is 23.0. The van der Waals surface area contributed by atoms with Crippen molar-refractivity contribution in [3.05, 3.63) is 72.3 Å². The van der Waals surface area contributed by atoms with E-state index in [0.29, 0.717) is 54.2 Å². The van der Waals surface area contributed by atoms with Gasteiger partial charge in [0.25, 0.3) is 5.91 Å². The van der Waals surface area contributed by atoms with Crippen LogP contribution in [0.2, 0.25) is 0 Å². The third kappa shape index (κ3) is 6.49. The number of carbonyl (C=O) groups excluding carboxylic acids is 1. The van der Waals surface area contributed by atoms with Crippen LogP contribution in [0.4, 0.5) is 10.2 Å². The van der Waals surface area contributed by atoms with E-state index in [1.165, 1.54) is 12.4 Å². The molecule has 0 aliphatic carbocycles. The number of anilines is 1. The molecule has 11 heteroatoms. The number of nitrogens with two attached hydrogens (primary N) is 1. The highest BCUT2D eigenvalue weighted by Gasteiger charge is 2.31. The molecule has 3 N–H and O–H groups in total. The number of ether oxygens (including phenoxy) is 1. The monoisotopic (exact) mass is 582 g/mol. The number of nitrogen functional groups attached to an aromatic ring is 1. The smallest absolute Gasteiger partial charge is 0.264 e. The van der Waals surface area contributed by atoms with Crippen molar-refractivity contribution in [2.75, 3.05) is 18.8 Å². The van der Waals surface area contributed by atoms with Crippen LogP contribution in [0.25, 0.3) is 22.3 Å². The van der Waals surface area contributed by atoms with E-state index >= 15 is 4.39 Å². The molecule has 43 heavy (non-hydrogen) atoms. The minimum absolute atomic E-state index is 0.0799. The summed E-state index contributed by atoms with van der Waals surface area (Å²) in [5.41, 5.74) is 6.80. The lowest BCUT2D eigenvalue weighted by Gasteiger charge is -2.33. The van der Waals surface area contributed by atoms with Crippen LogP contribution in [0, 0.1) is 17.1 Å². The number of para-hydroxylation sites is 1.